The summed E-state index contributed by atoms with van der Waals surface area (Å²) in [6.07, 6.45) is 2.27. The molecule has 0 saturated heterocycles. The molecule has 3 heteroatoms. The minimum Gasteiger partial charge on any atom is -0.495 e. The molecule has 0 amide bonds. The minimum absolute atomic E-state index is 0.167. The number of aliphatic hydroxyl groups is 1. The molecule has 1 unspecified atom stereocenters. The average Bonchev–Trinajstić information content (AvgIpc) is 2.53. The second kappa shape index (κ2) is 7.12. The van der Waals surface area contributed by atoms with Crippen molar-refractivity contribution in [3.8, 4) is 0 Å². The van der Waals surface area contributed by atoms with Crippen LogP contribution in [0.2, 0.25) is 0 Å². The molecule has 1 aromatic rings. The molecule has 1 aliphatic heterocycles. The molecule has 22 heavy (non-hydrogen) atoms. The van der Waals surface area contributed by atoms with Crippen molar-refractivity contribution >= 4 is 0 Å². The molecule has 2 rings (SSSR count). The fraction of sp³-hybridized carbons (Fsp3) is 0.474. The maximum Gasteiger partial charge on any atom is 0.129 e. The summed E-state index contributed by atoms with van der Waals surface area (Å²) >= 11 is 0. The van der Waals surface area contributed by atoms with Crippen LogP contribution in [0.1, 0.15) is 39.2 Å². The molecule has 0 aromatic heterocycles. The molecule has 3 nitrogen and oxygen atoms in total. The van der Waals surface area contributed by atoms with Gasteiger partial charge in [-0.05, 0) is 31.4 Å². The lowest BCUT2D eigenvalue weighted by molar-refractivity contribution is -0.140. The van der Waals surface area contributed by atoms with Crippen LogP contribution in [0.15, 0.2) is 54.3 Å². The molecule has 1 aliphatic rings. The summed E-state index contributed by atoms with van der Waals surface area (Å²) in [6.45, 7) is 10.4. The summed E-state index contributed by atoms with van der Waals surface area (Å²) in [5.41, 5.74) is 2.32. The molecular formula is C19H26O3. The Morgan fingerprint density at radius 3 is 2.64 bits per heavy atom. The Labute approximate surface area is 133 Å². The highest BCUT2D eigenvalue weighted by Gasteiger charge is 2.39. The summed E-state index contributed by atoms with van der Waals surface area (Å²) in [5, 5.41) is 10.3. The summed E-state index contributed by atoms with van der Waals surface area (Å²) < 4.78 is 12.0. The highest BCUT2D eigenvalue weighted by atomic mass is 16.5. The van der Waals surface area contributed by atoms with Crippen LogP contribution in [-0.2, 0) is 16.1 Å². The predicted octanol–water partition coefficient (Wildman–Crippen LogP) is 3.98. The van der Waals surface area contributed by atoms with Gasteiger partial charge in [-0.1, -0.05) is 43.8 Å². The minimum atomic E-state index is -0.539. The van der Waals surface area contributed by atoms with Gasteiger partial charge in [-0.15, -0.1) is 0 Å². The van der Waals surface area contributed by atoms with Crippen molar-refractivity contribution in [3.63, 3.8) is 0 Å². The van der Waals surface area contributed by atoms with Crippen molar-refractivity contribution in [2.75, 3.05) is 0 Å². The zero-order valence-electron chi connectivity index (χ0n) is 13.7. The van der Waals surface area contributed by atoms with Crippen LogP contribution in [0.25, 0.3) is 0 Å². The van der Waals surface area contributed by atoms with Crippen LogP contribution in [0.4, 0.5) is 0 Å². The van der Waals surface area contributed by atoms with Crippen molar-refractivity contribution in [1.29, 1.82) is 0 Å². The molecule has 0 radical (unpaired) electrons. The summed E-state index contributed by atoms with van der Waals surface area (Å²) in [7, 11) is 0. The van der Waals surface area contributed by atoms with Crippen molar-refractivity contribution in [2.24, 2.45) is 0 Å². The second-order valence-electron chi connectivity index (χ2n) is 6.17. The van der Waals surface area contributed by atoms with Gasteiger partial charge in [-0.25, -0.2) is 0 Å². The zero-order chi connectivity index (χ0) is 16.2. The third kappa shape index (κ3) is 3.79. The van der Waals surface area contributed by atoms with Gasteiger partial charge in [0.15, 0.2) is 0 Å². The Morgan fingerprint density at radius 2 is 2.09 bits per heavy atom. The Hall–Kier alpha value is -1.58. The zero-order valence-corrected chi connectivity index (χ0v) is 13.7. The smallest absolute Gasteiger partial charge is 0.129 e. The van der Waals surface area contributed by atoms with E-state index in [1.807, 2.05) is 44.2 Å². The van der Waals surface area contributed by atoms with Crippen LogP contribution in [0.3, 0.4) is 0 Å². The lowest BCUT2D eigenvalue weighted by atomic mass is 9.87. The van der Waals surface area contributed by atoms with E-state index in [0.717, 1.165) is 23.1 Å². The van der Waals surface area contributed by atoms with Crippen molar-refractivity contribution in [2.45, 2.75) is 58.0 Å². The molecule has 0 saturated carbocycles. The lowest BCUT2D eigenvalue weighted by Gasteiger charge is -2.40. The molecule has 0 bridgehead atoms. The molecule has 1 aromatic carbocycles. The number of hydrogen-bond donors (Lipinski definition) is 1. The van der Waals surface area contributed by atoms with Gasteiger partial charge in [0, 0.05) is 12.0 Å². The van der Waals surface area contributed by atoms with Crippen molar-refractivity contribution in [1.82, 2.24) is 0 Å². The Kier molecular flexibility index (Phi) is 5.43. The van der Waals surface area contributed by atoms with Gasteiger partial charge >= 0.3 is 0 Å². The summed E-state index contributed by atoms with van der Waals surface area (Å²) in [6, 6.07) is 10.1. The third-order valence-corrected chi connectivity index (χ3v) is 4.44. The quantitative estimate of drug-likeness (QED) is 0.864. The number of rotatable bonds is 6. The van der Waals surface area contributed by atoms with E-state index in [1.54, 1.807) is 6.26 Å². The maximum atomic E-state index is 10.3. The Bertz CT molecular complexity index is 535. The lowest BCUT2D eigenvalue weighted by Crippen LogP contribution is -2.46. The molecule has 0 spiro atoms. The first kappa shape index (κ1) is 16.8. The second-order valence-corrected chi connectivity index (χ2v) is 6.17. The summed E-state index contributed by atoms with van der Waals surface area (Å²) in [5.74, 6) is 0. The van der Waals surface area contributed by atoms with Crippen LogP contribution >= 0.6 is 0 Å². The first-order chi connectivity index (χ1) is 10.5. The van der Waals surface area contributed by atoms with E-state index in [0.29, 0.717) is 13.0 Å². The van der Waals surface area contributed by atoms with Gasteiger partial charge in [0.1, 0.15) is 11.7 Å². The average molecular weight is 302 g/mol. The molecule has 120 valence electrons. The van der Waals surface area contributed by atoms with E-state index in [9.17, 15) is 5.11 Å². The topological polar surface area (TPSA) is 38.7 Å². The van der Waals surface area contributed by atoms with Gasteiger partial charge < -0.3 is 14.6 Å². The van der Waals surface area contributed by atoms with Crippen LogP contribution in [0.5, 0.6) is 0 Å². The van der Waals surface area contributed by atoms with Crippen molar-refractivity contribution < 1.29 is 14.6 Å². The SMILES string of the molecule is C=C(C)C1=CO[C@@H](C(C)(CC)OCc2ccccc2)C[C@H]1O. The maximum absolute atomic E-state index is 10.3. The van der Waals surface area contributed by atoms with Crippen LogP contribution in [0, 0.1) is 0 Å². The first-order valence-electron chi connectivity index (χ1n) is 7.83. The van der Waals surface area contributed by atoms with E-state index in [1.165, 1.54) is 0 Å². The predicted molar refractivity (Wildman–Crippen MR) is 88.3 cm³/mol. The molecule has 3 atom stereocenters. The van der Waals surface area contributed by atoms with Crippen molar-refractivity contribution in [3.05, 3.63) is 59.9 Å². The normalized spacial score (nSPS) is 24.1. The molecule has 0 aliphatic carbocycles. The van der Waals surface area contributed by atoms with Crippen LogP contribution in [-0.4, -0.2) is 22.9 Å². The van der Waals surface area contributed by atoms with E-state index in [-0.39, 0.29) is 6.10 Å². The van der Waals surface area contributed by atoms with Gasteiger partial charge in [0.05, 0.1) is 19.0 Å². The molecule has 1 N–H and O–H groups in total. The standard InChI is InChI=1S/C19H26O3/c1-5-19(4,22-12-15-9-7-6-8-10-15)18-11-17(20)16(13-21-18)14(2)3/h6-10,13,17-18,20H,2,5,11-12H2,1,3-4H3/t17-,18-,19?/m1/s1. The van der Waals surface area contributed by atoms with E-state index >= 15 is 0 Å². The number of hydrogen-bond acceptors (Lipinski definition) is 3. The highest BCUT2D eigenvalue weighted by Crippen LogP contribution is 2.33. The highest BCUT2D eigenvalue weighted by molar-refractivity contribution is 5.30. The number of benzene rings is 1. The first-order valence-corrected chi connectivity index (χ1v) is 7.83. The molecule has 0 fully saturated rings. The van der Waals surface area contributed by atoms with Gasteiger partial charge in [0.25, 0.3) is 0 Å². The molecular weight excluding hydrogens is 276 g/mol. The number of aliphatic hydroxyl groups excluding tert-OH is 1. The number of ether oxygens (including phenoxy) is 2. The Balaban J connectivity index is 2.05. The van der Waals surface area contributed by atoms with E-state index in [4.69, 9.17) is 9.47 Å². The largest absolute Gasteiger partial charge is 0.495 e. The van der Waals surface area contributed by atoms with Gasteiger partial charge in [-0.3, -0.25) is 0 Å². The monoisotopic (exact) mass is 302 g/mol. The van der Waals surface area contributed by atoms with E-state index < -0.39 is 11.7 Å². The van der Waals surface area contributed by atoms with Gasteiger partial charge in [-0.2, -0.15) is 0 Å². The fourth-order valence-electron chi connectivity index (χ4n) is 2.64. The Morgan fingerprint density at radius 1 is 1.41 bits per heavy atom. The fourth-order valence-corrected chi connectivity index (χ4v) is 2.64. The molecule has 1 heterocycles. The van der Waals surface area contributed by atoms with Crippen LogP contribution < -0.4 is 0 Å². The van der Waals surface area contributed by atoms with Gasteiger partial charge in [0.2, 0.25) is 0 Å². The third-order valence-electron chi connectivity index (χ3n) is 4.44. The summed E-state index contributed by atoms with van der Waals surface area (Å²) in [4.78, 5) is 0. The van der Waals surface area contributed by atoms with E-state index in [2.05, 4.69) is 13.5 Å².